The van der Waals surface area contributed by atoms with Crippen LogP contribution in [0.3, 0.4) is 0 Å². The lowest BCUT2D eigenvalue weighted by atomic mass is 9.75. The second kappa shape index (κ2) is 29.7. The molecule has 0 saturated heterocycles. The minimum Gasteiger partial charge on any atom is -0.380 e. The van der Waals surface area contributed by atoms with Crippen LogP contribution in [0, 0.1) is 91.7 Å². The summed E-state index contributed by atoms with van der Waals surface area (Å²) >= 11 is 0. The van der Waals surface area contributed by atoms with Gasteiger partial charge >= 0.3 is 0 Å². The molecule has 0 rings (SSSR count). The quantitative estimate of drug-likeness (QED) is 0.124. The van der Waals surface area contributed by atoms with E-state index in [-0.39, 0.29) is 122 Å². The summed E-state index contributed by atoms with van der Waals surface area (Å²) in [6.45, 7) is 3.38. The van der Waals surface area contributed by atoms with Gasteiger partial charge in [0.15, 0.2) is 0 Å². The van der Waals surface area contributed by atoms with Crippen LogP contribution in [-0.2, 0) is 28.4 Å². The average molecular weight is 571 g/mol. The summed E-state index contributed by atoms with van der Waals surface area (Å²) in [5.41, 5.74) is 0. The van der Waals surface area contributed by atoms with E-state index in [2.05, 4.69) is 36.4 Å². The zero-order chi connectivity index (χ0) is 30.2. The maximum atomic E-state index is 9.00. The third kappa shape index (κ3) is 21.2. The molecule has 12 nitrogen and oxygen atoms in total. The van der Waals surface area contributed by atoms with Crippen LogP contribution < -0.4 is 0 Å². The molecule has 0 aromatic rings. The third-order valence-electron chi connectivity index (χ3n) is 6.16. The molecule has 0 bridgehead atoms. The second-order valence-electron chi connectivity index (χ2n) is 9.07. The van der Waals surface area contributed by atoms with Crippen molar-refractivity contribution >= 4 is 0 Å². The third-order valence-corrected chi connectivity index (χ3v) is 6.16. The van der Waals surface area contributed by atoms with Crippen molar-refractivity contribution in [3.63, 3.8) is 0 Å². The molecule has 0 N–H and O–H groups in total. The lowest BCUT2D eigenvalue weighted by Gasteiger charge is -2.38. The number of hydrogen-bond acceptors (Lipinski definition) is 12. The molecule has 0 amide bonds. The molecule has 0 aliphatic carbocycles. The lowest BCUT2D eigenvalue weighted by molar-refractivity contribution is -0.0703. The first-order valence-electron chi connectivity index (χ1n) is 13.9. The van der Waals surface area contributed by atoms with Crippen molar-refractivity contribution in [2.45, 2.75) is 44.9 Å². The molecule has 0 aliphatic rings. The van der Waals surface area contributed by atoms with Crippen LogP contribution in [0.1, 0.15) is 44.9 Å². The predicted molar refractivity (Wildman–Crippen MR) is 145 cm³/mol. The fourth-order valence-electron chi connectivity index (χ4n) is 4.12. The minimum absolute atomic E-state index is 0.108. The van der Waals surface area contributed by atoms with Gasteiger partial charge in [-0.15, -0.1) is 0 Å². The van der Waals surface area contributed by atoms with Gasteiger partial charge in [0, 0.05) is 19.1 Å². The molecule has 3 atom stereocenters. The fourth-order valence-corrected chi connectivity index (χ4v) is 4.12. The lowest BCUT2D eigenvalue weighted by Crippen LogP contribution is -2.41. The molecule has 12 heteroatoms. The smallest absolute Gasteiger partial charge is 0.0645 e. The van der Waals surface area contributed by atoms with E-state index >= 15 is 0 Å². The molecular formula is C29H42N6O6. The van der Waals surface area contributed by atoms with Crippen molar-refractivity contribution in [3.05, 3.63) is 0 Å². The van der Waals surface area contributed by atoms with Gasteiger partial charge in [0.2, 0.25) is 0 Å². The van der Waals surface area contributed by atoms with E-state index in [0.29, 0.717) is 26.2 Å². The minimum atomic E-state index is -0.208. The highest BCUT2D eigenvalue weighted by Crippen LogP contribution is 2.32. The molecule has 0 aromatic heterocycles. The molecule has 0 radical (unpaired) electrons. The van der Waals surface area contributed by atoms with Crippen LogP contribution in [0.2, 0.25) is 0 Å². The highest BCUT2D eigenvalue weighted by Gasteiger charge is 2.36. The van der Waals surface area contributed by atoms with Crippen molar-refractivity contribution in [1.82, 2.24) is 0 Å². The molecule has 0 aromatic carbocycles. The molecule has 224 valence electrons. The Morgan fingerprint density at radius 1 is 0.341 bits per heavy atom. The van der Waals surface area contributed by atoms with Crippen LogP contribution >= 0.6 is 0 Å². The summed E-state index contributed by atoms with van der Waals surface area (Å²) in [7, 11) is 0. The van der Waals surface area contributed by atoms with Crippen molar-refractivity contribution in [2.75, 3.05) is 79.3 Å². The van der Waals surface area contributed by atoms with Crippen molar-refractivity contribution in [3.8, 4) is 36.4 Å². The van der Waals surface area contributed by atoms with Crippen molar-refractivity contribution < 1.29 is 28.4 Å². The van der Waals surface area contributed by atoms with Crippen LogP contribution in [-0.4, -0.2) is 79.3 Å². The molecule has 0 saturated carbocycles. The average Bonchev–Trinajstić information content (AvgIpc) is 2.98. The van der Waals surface area contributed by atoms with Crippen molar-refractivity contribution in [2.24, 2.45) is 23.7 Å². The number of ether oxygens (including phenoxy) is 6. The first-order chi connectivity index (χ1) is 20.2. The van der Waals surface area contributed by atoms with E-state index in [1.165, 1.54) is 0 Å². The van der Waals surface area contributed by atoms with Gasteiger partial charge in [0.1, 0.15) is 0 Å². The highest BCUT2D eigenvalue weighted by molar-refractivity contribution is 4.84. The van der Waals surface area contributed by atoms with Gasteiger partial charge in [-0.3, -0.25) is 0 Å². The van der Waals surface area contributed by atoms with Crippen LogP contribution in [0.4, 0.5) is 0 Å². The Morgan fingerprint density at radius 3 is 1.00 bits per heavy atom. The zero-order valence-electron chi connectivity index (χ0n) is 23.9. The van der Waals surface area contributed by atoms with Gasteiger partial charge in [0.25, 0.3) is 0 Å². The first-order valence-corrected chi connectivity index (χ1v) is 13.9. The van der Waals surface area contributed by atoms with Crippen LogP contribution in [0.25, 0.3) is 0 Å². The van der Waals surface area contributed by atoms with Gasteiger partial charge in [-0.2, -0.15) is 31.6 Å². The molecule has 41 heavy (non-hydrogen) atoms. The fraction of sp³-hybridized carbons (Fsp3) is 0.793. The normalized spacial score (nSPS) is 12.7. The first kappa shape index (κ1) is 37.7. The van der Waals surface area contributed by atoms with E-state index in [1.807, 2.05) is 0 Å². The highest BCUT2D eigenvalue weighted by atomic mass is 16.5. The number of rotatable bonds is 28. The Bertz CT molecular complexity index is 872. The maximum absolute atomic E-state index is 9.00. The molecule has 0 spiro atoms. The van der Waals surface area contributed by atoms with E-state index in [1.54, 1.807) is 0 Å². The van der Waals surface area contributed by atoms with E-state index in [9.17, 15) is 0 Å². The Balaban J connectivity index is 6.15. The summed E-state index contributed by atoms with van der Waals surface area (Å²) in [5.74, 6) is -0.700. The van der Waals surface area contributed by atoms with Gasteiger partial charge in [-0.1, -0.05) is 0 Å². The van der Waals surface area contributed by atoms with Gasteiger partial charge in [-0.25, -0.2) is 0 Å². The molecule has 0 fully saturated rings. The van der Waals surface area contributed by atoms with Crippen molar-refractivity contribution in [1.29, 1.82) is 31.6 Å². The SMILES string of the molecule is N#CCCOCCC(COCCC#N)C(COCCC#N)C(COCCC#N)C(COCCC#N)COCCC#N. The molecule has 0 heterocycles. The molecular weight excluding hydrogens is 528 g/mol. The summed E-state index contributed by atoms with van der Waals surface area (Å²) in [6.07, 6.45) is 2.04. The summed E-state index contributed by atoms with van der Waals surface area (Å²) in [4.78, 5) is 0. The molecule has 0 aliphatic heterocycles. The number of hydrogen-bond donors (Lipinski definition) is 0. The van der Waals surface area contributed by atoms with E-state index < -0.39 is 0 Å². The second-order valence-corrected chi connectivity index (χ2v) is 9.07. The van der Waals surface area contributed by atoms with Crippen LogP contribution in [0.15, 0.2) is 0 Å². The van der Waals surface area contributed by atoms with E-state index in [0.717, 1.165) is 0 Å². The van der Waals surface area contributed by atoms with Gasteiger partial charge < -0.3 is 28.4 Å². The summed E-state index contributed by atoms with van der Waals surface area (Å²) < 4.78 is 35.1. The molecule has 3 unspecified atom stereocenters. The standard InChI is InChI=1S/C29H42N6O6/c30-8-1-14-36-20-7-26(21-37-15-2-9-31)28(24-40-18-5-12-34)29(25-41-19-6-13-35)27(22-38-16-3-10-32)23-39-17-4-11-33/h26-29H,1-7,14-25H2. The number of nitriles is 6. The summed E-state index contributed by atoms with van der Waals surface area (Å²) in [6, 6.07) is 12.4. The topological polar surface area (TPSA) is 198 Å². The van der Waals surface area contributed by atoms with Gasteiger partial charge in [-0.05, 0) is 24.2 Å². The Hall–Kier alpha value is -3.30. The number of nitrogens with zero attached hydrogens (tertiary/aromatic N) is 6. The predicted octanol–water partition coefficient (Wildman–Crippen LogP) is 3.42. The van der Waals surface area contributed by atoms with Crippen LogP contribution in [0.5, 0.6) is 0 Å². The Morgan fingerprint density at radius 2 is 0.634 bits per heavy atom. The Kier molecular flexibility index (Phi) is 27.3. The maximum Gasteiger partial charge on any atom is 0.0645 e. The van der Waals surface area contributed by atoms with Gasteiger partial charge in [0.05, 0.1) is 141 Å². The largest absolute Gasteiger partial charge is 0.380 e. The van der Waals surface area contributed by atoms with E-state index in [4.69, 9.17) is 60.0 Å². The summed E-state index contributed by atoms with van der Waals surface area (Å²) in [5, 5.41) is 53.6. The Labute approximate surface area is 244 Å². The monoisotopic (exact) mass is 570 g/mol. The zero-order valence-corrected chi connectivity index (χ0v) is 23.9.